The molecule has 9 heteroatoms. The summed E-state index contributed by atoms with van der Waals surface area (Å²) in [5.74, 6) is 0. The Hall–Kier alpha value is -3.11. The van der Waals surface area contributed by atoms with Crippen molar-refractivity contribution in [1.82, 2.24) is 0 Å². The molecule has 0 unspecified atom stereocenters. The summed E-state index contributed by atoms with van der Waals surface area (Å²) in [7, 11) is 0. The molecule has 0 spiro atoms. The summed E-state index contributed by atoms with van der Waals surface area (Å²) in [6.45, 7) is 0. The third kappa shape index (κ3) is 5.97. The molecule has 136 valence electrons. The summed E-state index contributed by atoms with van der Waals surface area (Å²) in [5, 5.41) is 28.3. The SMILES string of the molecule is Nc1ccc(N=Nc2ccc(N=Nc3ccc(SOOO)cc3)cc2)cc1. The van der Waals surface area contributed by atoms with Crippen LogP contribution in [0.5, 0.6) is 0 Å². The van der Waals surface area contributed by atoms with Crippen LogP contribution in [0.4, 0.5) is 28.4 Å². The van der Waals surface area contributed by atoms with Crippen LogP contribution in [0.15, 0.2) is 98.1 Å². The highest BCUT2D eigenvalue weighted by molar-refractivity contribution is 7.94. The highest BCUT2D eigenvalue weighted by atomic mass is 32.2. The first-order chi connectivity index (χ1) is 13.2. The number of rotatable bonds is 7. The molecule has 0 fully saturated rings. The molecule has 3 rings (SSSR count). The average molecular weight is 381 g/mol. The minimum absolute atomic E-state index is 0.677. The fourth-order valence-corrected chi connectivity index (χ4v) is 2.34. The van der Waals surface area contributed by atoms with E-state index in [-0.39, 0.29) is 0 Å². The number of hydrogen-bond acceptors (Lipinski definition) is 9. The van der Waals surface area contributed by atoms with Gasteiger partial charge < -0.3 is 5.73 Å². The van der Waals surface area contributed by atoms with E-state index in [2.05, 4.69) is 29.8 Å². The lowest BCUT2D eigenvalue weighted by Crippen LogP contribution is -1.80. The number of benzene rings is 3. The van der Waals surface area contributed by atoms with Gasteiger partial charge in [-0.15, -0.1) is 4.33 Å². The monoisotopic (exact) mass is 381 g/mol. The van der Waals surface area contributed by atoms with Crippen molar-refractivity contribution in [3.05, 3.63) is 72.8 Å². The van der Waals surface area contributed by atoms with Crippen molar-refractivity contribution >= 4 is 40.5 Å². The molecule has 0 saturated heterocycles. The molecule has 0 aliphatic heterocycles. The normalized spacial score (nSPS) is 11.4. The van der Waals surface area contributed by atoms with Crippen LogP contribution in [0.3, 0.4) is 0 Å². The summed E-state index contributed by atoms with van der Waals surface area (Å²) in [6.07, 6.45) is 0. The zero-order chi connectivity index (χ0) is 18.9. The second kappa shape index (κ2) is 9.55. The molecule has 3 N–H and O–H groups in total. The van der Waals surface area contributed by atoms with Crippen molar-refractivity contribution < 1.29 is 14.6 Å². The number of hydrogen-bond donors (Lipinski definition) is 2. The number of nitrogen functional groups attached to an aromatic ring is 1. The van der Waals surface area contributed by atoms with E-state index in [0.29, 0.717) is 22.7 Å². The van der Waals surface area contributed by atoms with Gasteiger partial charge in [-0.1, -0.05) is 5.04 Å². The van der Waals surface area contributed by atoms with Gasteiger partial charge in [-0.05, 0) is 72.8 Å². The maximum absolute atomic E-state index is 8.12. The molecule has 3 aromatic carbocycles. The van der Waals surface area contributed by atoms with Gasteiger partial charge in [0, 0.05) is 10.6 Å². The van der Waals surface area contributed by atoms with Crippen molar-refractivity contribution in [2.75, 3.05) is 5.73 Å². The lowest BCUT2D eigenvalue weighted by atomic mass is 10.3. The number of azo groups is 2. The van der Waals surface area contributed by atoms with E-state index in [1.807, 2.05) is 0 Å². The molecule has 0 saturated carbocycles. The maximum Gasteiger partial charge on any atom is 0.0858 e. The van der Waals surface area contributed by atoms with Crippen LogP contribution in [0.1, 0.15) is 0 Å². The van der Waals surface area contributed by atoms with Gasteiger partial charge in [0.2, 0.25) is 0 Å². The van der Waals surface area contributed by atoms with Crippen molar-refractivity contribution in [2.45, 2.75) is 4.90 Å². The van der Waals surface area contributed by atoms with Crippen LogP contribution < -0.4 is 5.73 Å². The van der Waals surface area contributed by atoms with E-state index in [9.17, 15) is 0 Å². The second-order valence-corrected chi connectivity index (χ2v) is 6.00. The summed E-state index contributed by atoms with van der Waals surface area (Å²) in [6, 6.07) is 21.4. The van der Waals surface area contributed by atoms with Crippen LogP contribution >= 0.6 is 12.0 Å². The minimum Gasteiger partial charge on any atom is -0.399 e. The lowest BCUT2D eigenvalue weighted by Gasteiger charge is -1.98. The predicted molar refractivity (Wildman–Crippen MR) is 103 cm³/mol. The average Bonchev–Trinajstić information content (AvgIpc) is 2.72. The second-order valence-electron chi connectivity index (χ2n) is 5.23. The van der Waals surface area contributed by atoms with Crippen molar-refractivity contribution in [2.24, 2.45) is 20.5 Å². The molecule has 0 amide bonds. The van der Waals surface area contributed by atoms with E-state index in [1.54, 1.807) is 72.8 Å². The third-order valence-electron chi connectivity index (χ3n) is 3.30. The van der Waals surface area contributed by atoms with Crippen LogP contribution in [-0.2, 0) is 9.37 Å². The van der Waals surface area contributed by atoms with Gasteiger partial charge in [0.05, 0.1) is 34.8 Å². The zero-order valence-corrected chi connectivity index (χ0v) is 14.8. The third-order valence-corrected chi connectivity index (χ3v) is 3.90. The fourth-order valence-electron chi connectivity index (χ4n) is 1.98. The van der Waals surface area contributed by atoms with Gasteiger partial charge in [0.25, 0.3) is 0 Å². The molecule has 0 heterocycles. The van der Waals surface area contributed by atoms with Crippen LogP contribution in [0.2, 0.25) is 0 Å². The Labute approximate surface area is 159 Å². The number of anilines is 1. The van der Waals surface area contributed by atoms with Gasteiger partial charge in [-0.2, -0.15) is 20.5 Å². The Kier molecular flexibility index (Phi) is 6.61. The maximum atomic E-state index is 8.12. The summed E-state index contributed by atoms with van der Waals surface area (Å²) in [4.78, 5) is 0.749. The molecular weight excluding hydrogens is 366 g/mol. The van der Waals surface area contributed by atoms with Crippen LogP contribution in [0.25, 0.3) is 0 Å². The Morgan fingerprint density at radius 2 is 1.00 bits per heavy atom. The standard InChI is InChI=1S/C18H15N5O3S/c19-13-1-3-14(4-2-13)20-21-15-5-7-16(8-6-15)22-23-17-9-11-18(12-10-17)27-26-25-24/h1-12,24H,19H2. The Morgan fingerprint density at radius 1 is 0.630 bits per heavy atom. The Bertz CT molecular complexity index is 913. The van der Waals surface area contributed by atoms with Crippen molar-refractivity contribution in [3.63, 3.8) is 0 Å². The van der Waals surface area contributed by atoms with Gasteiger partial charge in [0.1, 0.15) is 0 Å². The largest absolute Gasteiger partial charge is 0.399 e. The molecule has 0 aliphatic carbocycles. The smallest absolute Gasteiger partial charge is 0.0858 e. The van der Waals surface area contributed by atoms with Crippen LogP contribution in [-0.4, -0.2) is 5.26 Å². The van der Waals surface area contributed by atoms with Gasteiger partial charge in [0.15, 0.2) is 0 Å². The van der Waals surface area contributed by atoms with Gasteiger partial charge in [-0.25, -0.2) is 5.26 Å². The van der Waals surface area contributed by atoms with E-state index in [4.69, 9.17) is 11.0 Å². The van der Waals surface area contributed by atoms with E-state index in [1.165, 1.54) is 0 Å². The molecule has 0 radical (unpaired) electrons. The Balaban J connectivity index is 1.59. The summed E-state index contributed by atoms with van der Waals surface area (Å²) >= 11 is 0.879. The molecule has 8 nitrogen and oxygen atoms in total. The topological polar surface area (TPSA) is 114 Å². The molecule has 27 heavy (non-hydrogen) atoms. The molecule has 0 aromatic heterocycles. The highest BCUT2D eigenvalue weighted by Gasteiger charge is 1.97. The van der Waals surface area contributed by atoms with Crippen molar-refractivity contribution in [3.8, 4) is 0 Å². The first-order valence-corrected chi connectivity index (χ1v) is 8.51. The van der Waals surface area contributed by atoms with Crippen LogP contribution in [0, 0.1) is 0 Å². The fraction of sp³-hybridized carbons (Fsp3) is 0. The minimum atomic E-state index is 0.677. The summed E-state index contributed by atoms with van der Waals surface area (Å²) < 4.78 is 4.35. The molecule has 0 atom stereocenters. The zero-order valence-electron chi connectivity index (χ0n) is 14.0. The first-order valence-electron chi connectivity index (χ1n) is 7.77. The van der Waals surface area contributed by atoms with Gasteiger partial charge >= 0.3 is 0 Å². The highest BCUT2D eigenvalue weighted by Crippen LogP contribution is 2.25. The van der Waals surface area contributed by atoms with E-state index < -0.39 is 0 Å². The first kappa shape index (κ1) is 18.7. The van der Waals surface area contributed by atoms with E-state index in [0.717, 1.165) is 22.6 Å². The van der Waals surface area contributed by atoms with Crippen molar-refractivity contribution in [1.29, 1.82) is 0 Å². The summed E-state index contributed by atoms with van der Waals surface area (Å²) in [5.41, 5.74) is 9.12. The van der Waals surface area contributed by atoms with Gasteiger partial charge in [-0.3, -0.25) is 0 Å². The van der Waals surface area contributed by atoms with E-state index >= 15 is 0 Å². The molecular formula is C18H15N5O3S. The molecule has 0 aliphatic rings. The lowest BCUT2D eigenvalue weighted by molar-refractivity contribution is -0.432. The number of nitrogens with two attached hydrogens (primary N) is 1. The molecule has 0 bridgehead atoms. The molecule has 3 aromatic rings. The Morgan fingerprint density at radius 3 is 1.41 bits per heavy atom. The number of nitrogens with zero attached hydrogens (tertiary/aromatic N) is 4. The predicted octanol–water partition coefficient (Wildman–Crippen LogP) is 6.53. The quantitative estimate of drug-likeness (QED) is 0.159.